The summed E-state index contributed by atoms with van der Waals surface area (Å²) in [5, 5.41) is 1.86. The van der Waals surface area contributed by atoms with E-state index in [-0.39, 0.29) is 0 Å². The Labute approximate surface area is 80.3 Å². The van der Waals surface area contributed by atoms with Crippen LogP contribution >= 0.6 is 11.8 Å². The Morgan fingerprint density at radius 2 is 1.85 bits per heavy atom. The van der Waals surface area contributed by atoms with Gasteiger partial charge in [0.05, 0.1) is 0 Å². The minimum Gasteiger partial charge on any atom is -0.250 e. The van der Waals surface area contributed by atoms with E-state index in [4.69, 9.17) is 0 Å². The number of rotatable bonds is 2. The molecule has 2 rings (SSSR count). The molecule has 0 bridgehead atoms. The molecule has 0 aliphatic rings. The van der Waals surface area contributed by atoms with Gasteiger partial charge in [-0.15, -0.1) is 0 Å². The summed E-state index contributed by atoms with van der Waals surface area (Å²) in [6.07, 6.45) is 5.02. The summed E-state index contributed by atoms with van der Waals surface area (Å²) in [6, 6.07) is 7.66. The Morgan fingerprint density at radius 3 is 2.54 bits per heavy atom. The zero-order valence-electron chi connectivity index (χ0n) is 6.79. The van der Waals surface area contributed by atoms with Crippen molar-refractivity contribution in [2.24, 2.45) is 0 Å². The first-order chi connectivity index (χ1) is 6.45. The predicted molar refractivity (Wildman–Crippen MR) is 50.4 cm³/mol. The van der Waals surface area contributed by atoms with E-state index in [0.717, 1.165) is 10.1 Å². The second-order valence-electron chi connectivity index (χ2n) is 2.32. The SMILES string of the molecule is c1ccc(Sc2ccncn2)nc1. The molecule has 64 valence electrons. The highest BCUT2D eigenvalue weighted by Gasteiger charge is 1.96. The molecule has 2 aromatic rings. The predicted octanol–water partition coefficient (Wildman–Crippen LogP) is 2.02. The molecule has 0 aliphatic heterocycles. The van der Waals surface area contributed by atoms with E-state index < -0.39 is 0 Å². The van der Waals surface area contributed by atoms with Gasteiger partial charge in [-0.25, -0.2) is 15.0 Å². The molecule has 0 fully saturated rings. The maximum Gasteiger partial charge on any atom is 0.116 e. The molecule has 0 radical (unpaired) electrons. The normalized spacial score (nSPS) is 9.85. The summed E-state index contributed by atoms with van der Waals surface area (Å²) in [5.41, 5.74) is 0. The van der Waals surface area contributed by atoms with E-state index in [1.807, 2.05) is 24.3 Å². The van der Waals surface area contributed by atoms with Crippen molar-refractivity contribution < 1.29 is 0 Å². The van der Waals surface area contributed by atoms with Gasteiger partial charge in [0, 0.05) is 12.4 Å². The fourth-order valence-corrected chi connectivity index (χ4v) is 1.56. The average molecular weight is 189 g/mol. The Morgan fingerprint density at radius 1 is 0.923 bits per heavy atom. The molecule has 0 N–H and O–H groups in total. The number of hydrogen-bond donors (Lipinski definition) is 0. The zero-order valence-corrected chi connectivity index (χ0v) is 7.61. The molecule has 0 saturated carbocycles. The van der Waals surface area contributed by atoms with Crippen LogP contribution in [-0.2, 0) is 0 Å². The maximum atomic E-state index is 4.18. The Hall–Kier alpha value is -1.42. The lowest BCUT2D eigenvalue weighted by Gasteiger charge is -1.96. The number of pyridine rings is 1. The molecule has 0 atom stereocenters. The molecule has 2 aromatic heterocycles. The molecule has 0 aromatic carbocycles. The van der Waals surface area contributed by atoms with Crippen molar-refractivity contribution in [1.82, 2.24) is 15.0 Å². The molecule has 2 heterocycles. The number of nitrogens with zero attached hydrogens (tertiary/aromatic N) is 3. The third-order valence-corrected chi connectivity index (χ3v) is 2.30. The Bertz CT molecular complexity index is 326. The maximum absolute atomic E-state index is 4.18. The zero-order chi connectivity index (χ0) is 8.93. The van der Waals surface area contributed by atoms with Crippen LogP contribution in [0.3, 0.4) is 0 Å². The molecule has 0 amide bonds. The Kier molecular flexibility index (Phi) is 2.52. The Balaban J connectivity index is 2.16. The van der Waals surface area contributed by atoms with Gasteiger partial charge < -0.3 is 0 Å². The van der Waals surface area contributed by atoms with E-state index in [0.29, 0.717) is 0 Å². The molecule has 0 spiro atoms. The molecular weight excluding hydrogens is 182 g/mol. The van der Waals surface area contributed by atoms with E-state index in [1.54, 1.807) is 12.4 Å². The summed E-state index contributed by atoms with van der Waals surface area (Å²) < 4.78 is 0. The van der Waals surface area contributed by atoms with Crippen LogP contribution in [0, 0.1) is 0 Å². The van der Waals surface area contributed by atoms with E-state index >= 15 is 0 Å². The van der Waals surface area contributed by atoms with Crippen molar-refractivity contribution in [2.75, 3.05) is 0 Å². The third-order valence-electron chi connectivity index (χ3n) is 1.40. The lowest BCUT2D eigenvalue weighted by Crippen LogP contribution is -1.81. The van der Waals surface area contributed by atoms with Crippen LogP contribution in [0.2, 0.25) is 0 Å². The highest BCUT2D eigenvalue weighted by molar-refractivity contribution is 7.99. The largest absolute Gasteiger partial charge is 0.250 e. The van der Waals surface area contributed by atoms with Crippen molar-refractivity contribution in [3.05, 3.63) is 43.0 Å². The van der Waals surface area contributed by atoms with Gasteiger partial charge in [-0.3, -0.25) is 0 Å². The monoisotopic (exact) mass is 189 g/mol. The smallest absolute Gasteiger partial charge is 0.116 e. The van der Waals surface area contributed by atoms with Crippen LogP contribution in [-0.4, -0.2) is 15.0 Å². The van der Waals surface area contributed by atoms with Crippen molar-refractivity contribution in [2.45, 2.75) is 10.1 Å². The first-order valence-corrected chi connectivity index (χ1v) is 4.62. The van der Waals surface area contributed by atoms with Crippen LogP contribution in [0.5, 0.6) is 0 Å². The van der Waals surface area contributed by atoms with Gasteiger partial charge >= 0.3 is 0 Å². The molecule has 0 unspecified atom stereocenters. The summed E-state index contributed by atoms with van der Waals surface area (Å²) >= 11 is 1.53. The molecule has 13 heavy (non-hydrogen) atoms. The minimum atomic E-state index is 0.911. The van der Waals surface area contributed by atoms with Gasteiger partial charge in [0.2, 0.25) is 0 Å². The van der Waals surface area contributed by atoms with Crippen LogP contribution in [0.25, 0.3) is 0 Å². The number of aromatic nitrogens is 3. The van der Waals surface area contributed by atoms with Crippen LogP contribution in [0.1, 0.15) is 0 Å². The molecule has 4 heteroatoms. The molecule has 0 aliphatic carbocycles. The summed E-state index contributed by atoms with van der Waals surface area (Å²) in [5.74, 6) is 0. The molecule has 3 nitrogen and oxygen atoms in total. The first-order valence-electron chi connectivity index (χ1n) is 3.80. The summed E-state index contributed by atoms with van der Waals surface area (Å²) in [6.45, 7) is 0. The van der Waals surface area contributed by atoms with Crippen LogP contribution in [0.15, 0.2) is 53.0 Å². The van der Waals surface area contributed by atoms with Gasteiger partial charge in [0.1, 0.15) is 16.4 Å². The van der Waals surface area contributed by atoms with Gasteiger partial charge in [0.25, 0.3) is 0 Å². The van der Waals surface area contributed by atoms with Gasteiger partial charge in [-0.2, -0.15) is 0 Å². The van der Waals surface area contributed by atoms with Crippen molar-refractivity contribution in [1.29, 1.82) is 0 Å². The van der Waals surface area contributed by atoms with Crippen molar-refractivity contribution in [3.8, 4) is 0 Å². The highest BCUT2D eigenvalue weighted by Crippen LogP contribution is 2.21. The second-order valence-corrected chi connectivity index (χ2v) is 3.36. The topological polar surface area (TPSA) is 38.7 Å². The van der Waals surface area contributed by atoms with Crippen molar-refractivity contribution >= 4 is 11.8 Å². The highest BCUT2D eigenvalue weighted by atomic mass is 32.2. The van der Waals surface area contributed by atoms with Crippen molar-refractivity contribution in [3.63, 3.8) is 0 Å². The number of hydrogen-bond acceptors (Lipinski definition) is 4. The fraction of sp³-hybridized carbons (Fsp3) is 0. The quantitative estimate of drug-likeness (QED) is 0.677. The lowest BCUT2D eigenvalue weighted by molar-refractivity contribution is 1.04. The fourth-order valence-electron chi connectivity index (χ4n) is 0.854. The molecular formula is C9H7N3S. The van der Waals surface area contributed by atoms with E-state index in [9.17, 15) is 0 Å². The van der Waals surface area contributed by atoms with E-state index in [2.05, 4.69) is 15.0 Å². The van der Waals surface area contributed by atoms with Gasteiger partial charge in [-0.05, 0) is 30.0 Å². The van der Waals surface area contributed by atoms with Crippen LogP contribution in [0.4, 0.5) is 0 Å². The minimum absolute atomic E-state index is 0.911. The average Bonchev–Trinajstić information content (AvgIpc) is 2.21. The summed E-state index contributed by atoms with van der Waals surface area (Å²) in [4.78, 5) is 12.1. The second kappa shape index (κ2) is 4.00. The standard InChI is InChI=1S/C9H7N3S/c1-2-5-11-8(3-1)13-9-4-6-10-7-12-9/h1-7H. The van der Waals surface area contributed by atoms with Gasteiger partial charge in [-0.1, -0.05) is 6.07 Å². The van der Waals surface area contributed by atoms with Gasteiger partial charge in [0.15, 0.2) is 0 Å². The lowest BCUT2D eigenvalue weighted by atomic mass is 10.5. The van der Waals surface area contributed by atoms with E-state index in [1.165, 1.54) is 18.1 Å². The summed E-state index contributed by atoms with van der Waals surface area (Å²) in [7, 11) is 0. The third kappa shape index (κ3) is 2.26. The first kappa shape index (κ1) is 8.19. The van der Waals surface area contributed by atoms with Crippen LogP contribution < -0.4 is 0 Å². The molecule has 0 saturated heterocycles.